The van der Waals surface area contributed by atoms with Crippen LogP contribution in [0.15, 0.2) is 47.2 Å². The highest BCUT2D eigenvalue weighted by molar-refractivity contribution is 7.19. The van der Waals surface area contributed by atoms with Gasteiger partial charge in [0.05, 0.1) is 0 Å². The molecule has 0 amide bonds. The number of hydrogen-bond donors (Lipinski definition) is 1. The number of thiophene rings is 2. The van der Waals surface area contributed by atoms with E-state index in [0.29, 0.717) is 12.1 Å². The van der Waals surface area contributed by atoms with Gasteiger partial charge in [-0.2, -0.15) is 11.3 Å². The van der Waals surface area contributed by atoms with Crippen LogP contribution >= 0.6 is 22.7 Å². The van der Waals surface area contributed by atoms with Crippen LogP contribution in [0.4, 0.5) is 0 Å². The molecule has 104 valence electrons. The van der Waals surface area contributed by atoms with E-state index in [0.717, 1.165) is 6.42 Å². The first-order valence-corrected chi connectivity index (χ1v) is 8.74. The highest BCUT2D eigenvalue weighted by Gasteiger charge is 2.12. The molecule has 2 aromatic heterocycles. The molecule has 1 aromatic carbocycles. The molecule has 3 rings (SSSR count). The van der Waals surface area contributed by atoms with E-state index in [9.17, 15) is 0 Å². The first-order valence-electron chi connectivity index (χ1n) is 6.98. The standard InChI is InChI=1S/C17H19NS2/c1-12(9-14-7-8-19-11-14)18-13(2)17-10-15-5-3-4-6-16(15)20-17/h3-8,10-13,18H,9H2,1-2H3. The van der Waals surface area contributed by atoms with E-state index < -0.39 is 0 Å². The Morgan fingerprint density at radius 2 is 2.00 bits per heavy atom. The molecule has 0 radical (unpaired) electrons. The predicted molar refractivity (Wildman–Crippen MR) is 90.9 cm³/mol. The molecule has 1 nitrogen and oxygen atoms in total. The Morgan fingerprint density at radius 1 is 1.15 bits per heavy atom. The van der Waals surface area contributed by atoms with Crippen molar-refractivity contribution in [1.82, 2.24) is 5.32 Å². The summed E-state index contributed by atoms with van der Waals surface area (Å²) in [6.45, 7) is 4.52. The van der Waals surface area contributed by atoms with Crippen molar-refractivity contribution in [2.45, 2.75) is 32.4 Å². The molecule has 2 heterocycles. The molecule has 0 saturated heterocycles. The molecule has 0 saturated carbocycles. The van der Waals surface area contributed by atoms with Gasteiger partial charge in [0.25, 0.3) is 0 Å². The van der Waals surface area contributed by atoms with Crippen LogP contribution in [-0.4, -0.2) is 6.04 Å². The van der Waals surface area contributed by atoms with Gasteiger partial charge in [0.1, 0.15) is 0 Å². The van der Waals surface area contributed by atoms with Gasteiger partial charge in [0.15, 0.2) is 0 Å². The van der Waals surface area contributed by atoms with Crippen LogP contribution in [0.1, 0.15) is 30.3 Å². The van der Waals surface area contributed by atoms with Crippen molar-refractivity contribution in [2.24, 2.45) is 0 Å². The first kappa shape index (κ1) is 13.8. The molecule has 0 aliphatic carbocycles. The second-order valence-electron chi connectivity index (χ2n) is 5.31. The van der Waals surface area contributed by atoms with Gasteiger partial charge in [-0.25, -0.2) is 0 Å². The van der Waals surface area contributed by atoms with Gasteiger partial charge >= 0.3 is 0 Å². The second-order valence-corrected chi connectivity index (χ2v) is 7.21. The van der Waals surface area contributed by atoms with Crippen molar-refractivity contribution in [2.75, 3.05) is 0 Å². The van der Waals surface area contributed by atoms with Crippen LogP contribution < -0.4 is 5.32 Å². The van der Waals surface area contributed by atoms with E-state index in [4.69, 9.17) is 0 Å². The maximum atomic E-state index is 3.71. The third kappa shape index (κ3) is 3.11. The average molecular weight is 301 g/mol. The fraction of sp³-hybridized carbons (Fsp3) is 0.294. The Kier molecular flexibility index (Phi) is 4.20. The summed E-state index contributed by atoms with van der Waals surface area (Å²) in [6, 6.07) is 14.0. The highest BCUT2D eigenvalue weighted by Crippen LogP contribution is 2.29. The van der Waals surface area contributed by atoms with E-state index in [1.54, 1.807) is 11.3 Å². The van der Waals surface area contributed by atoms with Crippen molar-refractivity contribution in [1.29, 1.82) is 0 Å². The second kappa shape index (κ2) is 6.08. The van der Waals surface area contributed by atoms with Crippen molar-refractivity contribution in [3.8, 4) is 0 Å². The minimum atomic E-state index is 0.404. The van der Waals surface area contributed by atoms with Gasteiger partial charge in [0.2, 0.25) is 0 Å². The molecule has 3 aromatic rings. The first-order chi connectivity index (χ1) is 9.72. The van der Waals surface area contributed by atoms with Crippen molar-refractivity contribution < 1.29 is 0 Å². The minimum absolute atomic E-state index is 0.404. The quantitative estimate of drug-likeness (QED) is 0.679. The number of nitrogens with one attached hydrogen (secondary N) is 1. The molecule has 0 fully saturated rings. The average Bonchev–Trinajstić information content (AvgIpc) is 3.06. The highest BCUT2D eigenvalue weighted by atomic mass is 32.1. The Hall–Kier alpha value is -1.16. The zero-order valence-electron chi connectivity index (χ0n) is 11.8. The van der Waals surface area contributed by atoms with Gasteiger partial charge in [-0.3, -0.25) is 0 Å². The molecule has 2 unspecified atom stereocenters. The molecular weight excluding hydrogens is 282 g/mol. The number of hydrogen-bond acceptors (Lipinski definition) is 3. The molecule has 0 spiro atoms. The van der Waals surface area contributed by atoms with Crippen LogP contribution in [0.5, 0.6) is 0 Å². The van der Waals surface area contributed by atoms with Crippen LogP contribution in [0.2, 0.25) is 0 Å². The van der Waals surface area contributed by atoms with Gasteiger partial charge in [-0.15, -0.1) is 11.3 Å². The van der Waals surface area contributed by atoms with Crippen LogP contribution in [0.3, 0.4) is 0 Å². The van der Waals surface area contributed by atoms with Gasteiger partial charge in [-0.1, -0.05) is 18.2 Å². The number of rotatable bonds is 5. The zero-order valence-corrected chi connectivity index (χ0v) is 13.4. The number of benzene rings is 1. The summed E-state index contributed by atoms with van der Waals surface area (Å²) in [7, 11) is 0. The van der Waals surface area contributed by atoms with Crippen molar-refractivity contribution in [3.63, 3.8) is 0 Å². The van der Waals surface area contributed by atoms with Gasteiger partial charge in [-0.05, 0) is 60.2 Å². The van der Waals surface area contributed by atoms with E-state index >= 15 is 0 Å². The Labute approximate surface area is 128 Å². The van der Waals surface area contributed by atoms with Crippen LogP contribution in [0.25, 0.3) is 10.1 Å². The molecule has 0 aliphatic rings. The molecule has 20 heavy (non-hydrogen) atoms. The largest absolute Gasteiger partial charge is 0.307 e. The van der Waals surface area contributed by atoms with Crippen LogP contribution in [-0.2, 0) is 6.42 Å². The van der Waals surface area contributed by atoms with E-state index in [2.05, 4.69) is 66.3 Å². The third-order valence-electron chi connectivity index (χ3n) is 3.53. The Balaban J connectivity index is 1.67. The summed E-state index contributed by atoms with van der Waals surface area (Å²) >= 11 is 3.67. The molecule has 1 N–H and O–H groups in total. The molecule has 0 aliphatic heterocycles. The van der Waals surface area contributed by atoms with Crippen molar-refractivity contribution >= 4 is 32.8 Å². The third-order valence-corrected chi connectivity index (χ3v) is 5.56. The lowest BCUT2D eigenvalue weighted by atomic mass is 10.1. The lowest BCUT2D eigenvalue weighted by molar-refractivity contribution is 0.482. The number of fused-ring (bicyclic) bond motifs is 1. The van der Waals surface area contributed by atoms with Crippen LogP contribution in [0, 0.1) is 0 Å². The van der Waals surface area contributed by atoms with Gasteiger partial charge < -0.3 is 5.32 Å². The minimum Gasteiger partial charge on any atom is -0.307 e. The summed E-state index contributed by atoms with van der Waals surface area (Å²) < 4.78 is 1.38. The summed E-state index contributed by atoms with van der Waals surface area (Å²) in [4.78, 5) is 1.42. The molecule has 2 atom stereocenters. The summed E-state index contributed by atoms with van der Waals surface area (Å²) in [5.74, 6) is 0. The lowest BCUT2D eigenvalue weighted by Gasteiger charge is -2.18. The van der Waals surface area contributed by atoms with Gasteiger partial charge in [0, 0.05) is 21.7 Å². The van der Waals surface area contributed by atoms with E-state index in [1.165, 1.54) is 20.5 Å². The summed E-state index contributed by atoms with van der Waals surface area (Å²) in [5.41, 5.74) is 1.43. The van der Waals surface area contributed by atoms with E-state index in [-0.39, 0.29) is 0 Å². The molecular formula is C17H19NS2. The lowest BCUT2D eigenvalue weighted by Crippen LogP contribution is -2.30. The fourth-order valence-electron chi connectivity index (χ4n) is 2.55. The fourth-order valence-corrected chi connectivity index (χ4v) is 4.30. The predicted octanol–water partition coefficient (Wildman–Crippen LogP) is 5.24. The molecule has 0 bridgehead atoms. The monoisotopic (exact) mass is 301 g/mol. The molecule has 3 heteroatoms. The summed E-state index contributed by atoms with van der Waals surface area (Å²) in [6.07, 6.45) is 1.10. The normalized spacial score (nSPS) is 14.5. The van der Waals surface area contributed by atoms with Crippen molar-refractivity contribution in [3.05, 3.63) is 57.6 Å². The Morgan fingerprint density at radius 3 is 2.75 bits per heavy atom. The zero-order chi connectivity index (χ0) is 13.9. The maximum absolute atomic E-state index is 3.71. The summed E-state index contributed by atoms with van der Waals surface area (Å²) in [5, 5.41) is 9.45. The Bertz CT molecular complexity index is 636. The SMILES string of the molecule is CC(Cc1ccsc1)NC(C)c1cc2ccccc2s1. The maximum Gasteiger partial charge on any atom is 0.0388 e. The smallest absolute Gasteiger partial charge is 0.0388 e. The van der Waals surface area contributed by atoms with E-state index in [1.807, 2.05) is 11.3 Å². The topological polar surface area (TPSA) is 12.0 Å².